The fourth-order valence-electron chi connectivity index (χ4n) is 2.06. The second-order valence-electron chi connectivity index (χ2n) is 6.12. The Balaban J connectivity index is 2.40. The van der Waals surface area contributed by atoms with Crippen LogP contribution in [0, 0.1) is 13.8 Å². The second kappa shape index (κ2) is 7.82. The van der Waals surface area contributed by atoms with Gasteiger partial charge in [-0.1, -0.05) is 12.1 Å². The van der Waals surface area contributed by atoms with Crippen LogP contribution < -0.4 is 10.1 Å². The fourth-order valence-corrected chi connectivity index (χ4v) is 2.06. The summed E-state index contributed by atoms with van der Waals surface area (Å²) in [4.78, 5) is 22.5. The van der Waals surface area contributed by atoms with Crippen molar-refractivity contribution in [2.75, 3.05) is 6.61 Å². The van der Waals surface area contributed by atoms with E-state index in [-0.39, 0.29) is 18.7 Å². The Kier molecular flexibility index (Phi) is 6.40. The molecule has 1 amide bonds. The molecule has 0 heterocycles. The number of carboxylic acid groups (broad SMARTS) is 1. The number of aryl methyl sites for hydroxylation is 1. The number of hydrogen-bond acceptors (Lipinski definition) is 3. The van der Waals surface area contributed by atoms with Crippen molar-refractivity contribution in [3.8, 4) is 5.75 Å². The lowest BCUT2D eigenvalue weighted by Gasteiger charge is -2.25. The van der Waals surface area contributed by atoms with Gasteiger partial charge in [0.15, 0.2) is 0 Å². The molecule has 0 fully saturated rings. The average molecular weight is 307 g/mol. The molecule has 1 aromatic carbocycles. The molecule has 5 nitrogen and oxygen atoms in total. The van der Waals surface area contributed by atoms with Gasteiger partial charge in [-0.3, -0.25) is 9.59 Å². The molecule has 22 heavy (non-hydrogen) atoms. The predicted octanol–water partition coefficient (Wildman–Crippen LogP) is 2.83. The Labute approximate surface area is 131 Å². The molecule has 0 saturated carbocycles. The Morgan fingerprint density at radius 3 is 2.55 bits per heavy atom. The number of aliphatic carboxylic acids is 1. The number of nitrogens with one attached hydrogen (secondary N) is 1. The molecule has 0 aliphatic carbocycles. The number of ether oxygens (including phenoxy) is 1. The first-order valence-corrected chi connectivity index (χ1v) is 7.43. The summed E-state index contributed by atoms with van der Waals surface area (Å²) < 4.78 is 5.65. The molecule has 0 bridgehead atoms. The minimum atomic E-state index is -0.861. The van der Waals surface area contributed by atoms with Crippen LogP contribution in [0.2, 0.25) is 0 Å². The molecule has 2 N–H and O–H groups in total. The van der Waals surface area contributed by atoms with Crippen molar-refractivity contribution in [1.29, 1.82) is 0 Å². The molecule has 1 rings (SSSR count). The van der Waals surface area contributed by atoms with E-state index < -0.39 is 11.5 Å². The monoisotopic (exact) mass is 307 g/mol. The summed E-state index contributed by atoms with van der Waals surface area (Å²) in [6.45, 7) is 7.93. The topological polar surface area (TPSA) is 75.6 Å². The third kappa shape index (κ3) is 6.16. The third-order valence-electron chi connectivity index (χ3n) is 3.58. The van der Waals surface area contributed by atoms with Crippen LogP contribution in [0.4, 0.5) is 0 Å². The van der Waals surface area contributed by atoms with Gasteiger partial charge in [0.05, 0.1) is 13.0 Å². The highest BCUT2D eigenvalue weighted by molar-refractivity contribution is 5.77. The van der Waals surface area contributed by atoms with Gasteiger partial charge in [-0.05, 0) is 51.3 Å². The summed E-state index contributed by atoms with van der Waals surface area (Å²) in [5.41, 5.74) is 1.69. The minimum absolute atomic E-state index is 0.0340. The molecule has 1 aromatic rings. The maximum Gasteiger partial charge on any atom is 0.303 e. The van der Waals surface area contributed by atoms with E-state index in [1.807, 2.05) is 45.9 Å². The molecule has 0 aromatic heterocycles. The first kappa shape index (κ1) is 18.0. The number of carbonyl (C=O) groups is 2. The van der Waals surface area contributed by atoms with Crippen molar-refractivity contribution in [2.45, 2.75) is 52.5 Å². The summed E-state index contributed by atoms with van der Waals surface area (Å²) in [7, 11) is 0. The van der Waals surface area contributed by atoms with E-state index in [9.17, 15) is 9.59 Å². The van der Waals surface area contributed by atoms with Gasteiger partial charge in [0, 0.05) is 12.0 Å². The molecule has 0 unspecified atom stereocenters. The zero-order valence-corrected chi connectivity index (χ0v) is 13.7. The van der Waals surface area contributed by atoms with Gasteiger partial charge in [-0.15, -0.1) is 0 Å². The van der Waals surface area contributed by atoms with E-state index in [2.05, 4.69) is 5.32 Å². The first-order chi connectivity index (χ1) is 10.2. The van der Waals surface area contributed by atoms with Gasteiger partial charge in [0.2, 0.25) is 5.91 Å². The molecule has 0 spiro atoms. The number of rotatable bonds is 8. The summed E-state index contributed by atoms with van der Waals surface area (Å²) in [6.07, 6.45) is 0.669. The van der Waals surface area contributed by atoms with E-state index in [4.69, 9.17) is 9.84 Å². The number of benzene rings is 1. The van der Waals surface area contributed by atoms with Crippen molar-refractivity contribution in [3.63, 3.8) is 0 Å². The molecule has 0 aliphatic heterocycles. The Morgan fingerprint density at radius 1 is 1.23 bits per heavy atom. The molecule has 0 atom stereocenters. The molecule has 0 radical (unpaired) electrons. The van der Waals surface area contributed by atoms with Crippen LogP contribution in [-0.4, -0.2) is 29.1 Å². The average Bonchev–Trinajstić information content (AvgIpc) is 2.41. The van der Waals surface area contributed by atoms with Gasteiger partial charge in [0.25, 0.3) is 0 Å². The lowest BCUT2D eigenvalue weighted by atomic mass is 9.98. The lowest BCUT2D eigenvalue weighted by molar-refractivity contribution is -0.137. The summed E-state index contributed by atoms with van der Waals surface area (Å²) in [5.74, 6) is -0.209. The standard InChI is InChI=1S/C17H25NO4/c1-12-6-5-7-14(13(12)2)22-11-9-15(19)18-17(3,4)10-8-16(20)21/h5-7H,8-11H2,1-4H3,(H,18,19)(H,20,21). The normalized spacial score (nSPS) is 11.1. The fraction of sp³-hybridized carbons (Fsp3) is 0.529. The van der Waals surface area contributed by atoms with Crippen molar-refractivity contribution in [2.24, 2.45) is 0 Å². The van der Waals surface area contributed by atoms with Crippen LogP contribution in [-0.2, 0) is 9.59 Å². The summed E-state index contributed by atoms with van der Waals surface area (Å²) in [5, 5.41) is 11.5. The van der Waals surface area contributed by atoms with Crippen molar-refractivity contribution in [1.82, 2.24) is 5.32 Å². The van der Waals surface area contributed by atoms with Gasteiger partial charge < -0.3 is 15.2 Å². The quantitative estimate of drug-likeness (QED) is 0.774. The highest BCUT2D eigenvalue weighted by Gasteiger charge is 2.21. The predicted molar refractivity (Wildman–Crippen MR) is 85.1 cm³/mol. The third-order valence-corrected chi connectivity index (χ3v) is 3.58. The molecular formula is C17H25NO4. The zero-order valence-electron chi connectivity index (χ0n) is 13.7. The highest BCUT2D eigenvalue weighted by Crippen LogP contribution is 2.20. The van der Waals surface area contributed by atoms with Gasteiger partial charge in [-0.25, -0.2) is 0 Å². The smallest absolute Gasteiger partial charge is 0.303 e. The van der Waals surface area contributed by atoms with Crippen molar-refractivity contribution >= 4 is 11.9 Å². The second-order valence-corrected chi connectivity index (χ2v) is 6.12. The van der Waals surface area contributed by atoms with Crippen LogP contribution in [0.1, 0.15) is 44.2 Å². The molecule has 5 heteroatoms. The maximum absolute atomic E-state index is 11.9. The zero-order chi connectivity index (χ0) is 16.8. The van der Waals surface area contributed by atoms with Gasteiger partial charge >= 0.3 is 5.97 Å². The molecule has 0 saturated heterocycles. The summed E-state index contributed by atoms with van der Waals surface area (Å²) >= 11 is 0. The van der Waals surface area contributed by atoms with E-state index in [0.717, 1.165) is 16.9 Å². The summed E-state index contributed by atoms with van der Waals surface area (Å²) in [6, 6.07) is 5.82. The lowest BCUT2D eigenvalue weighted by Crippen LogP contribution is -2.44. The van der Waals surface area contributed by atoms with Crippen molar-refractivity contribution in [3.05, 3.63) is 29.3 Å². The first-order valence-electron chi connectivity index (χ1n) is 7.43. The van der Waals surface area contributed by atoms with Crippen LogP contribution in [0.3, 0.4) is 0 Å². The van der Waals surface area contributed by atoms with E-state index in [1.54, 1.807) is 0 Å². The van der Waals surface area contributed by atoms with E-state index in [1.165, 1.54) is 0 Å². The maximum atomic E-state index is 11.9. The Bertz CT molecular complexity index is 537. The van der Waals surface area contributed by atoms with E-state index in [0.29, 0.717) is 13.0 Å². The highest BCUT2D eigenvalue weighted by atomic mass is 16.5. The minimum Gasteiger partial charge on any atom is -0.493 e. The van der Waals surface area contributed by atoms with Crippen LogP contribution in [0.25, 0.3) is 0 Å². The molecule has 0 aliphatic rings. The Morgan fingerprint density at radius 2 is 1.91 bits per heavy atom. The Hall–Kier alpha value is -2.04. The SMILES string of the molecule is Cc1cccc(OCCC(=O)NC(C)(C)CCC(=O)O)c1C. The molecule has 122 valence electrons. The number of carboxylic acids is 1. The van der Waals surface area contributed by atoms with Crippen LogP contribution in [0.15, 0.2) is 18.2 Å². The van der Waals surface area contributed by atoms with Crippen LogP contribution >= 0.6 is 0 Å². The number of hydrogen-bond donors (Lipinski definition) is 2. The largest absolute Gasteiger partial charge is 0.493 e. The number of carbonyl (C=O) groups excluding carboxylic acids is 1. The van der Waals surface area contributed by atoms with Crippen molar-refractivity contribution < 1.29 is 19.4 Å². The van der Waals surface area contributed by atoms with Gasteiger partial charge in [-0.2, -0.15) is 0 Å². The van der Waals surface area contributed by atoms with E-state index >= 15 is 0 Å². The number of amides is 1. The van der Waals surface area contributed by atoms with Crippen LogP contribution in [0.5, 0.6) is 5.75 Å². The van der Waals surface area contributed by atoms with Gasteiger partial charge in [0.1, 0.15) is 5.75 Å². The molecular weight excluding hydrogens is 282 g/mol.